The number of benzene rings is 1. The molecule has 3 heteroatoms. The summed E-state index contributed by atoms with van der Waals surface area (Å²) in [5, 5.41) is 0. The lowest BCUT2D eigenvalue weighted by atomic mass is 10.1. The van der Waals surface area contributed by atoms with E-state index in [2.05, 4.69) is 0 Å². The van der Waals surface area contributed by atoms with Crippen LogP contribution in [0.15, 0.2) is 23.1 Å². The third kappa shape index (κ3) is 2.32. The van der Waals surface area contributed by atoms with Crippen LogP contribution in [0.25, 0.3) is 0 Å². The van der Waals surface area contributed by atoms with Crippen molar-refractivity contribution in [2.24, 2.45) is 5.73 Å². The van der Waals surface area contributed by atoms with Gasteiger partial charge in [0.1, 0.15) is 0 Å². The lowest BCUT2D eigenvalue weighted by molar-refractivity contribution is 0.0998. The Bertz CT molecular complexity index is 323. The number of ketones is 1. The Kier molecular flexibility index (Phi) is 3.51. The molecule has 0 spiro atoms. The van der Waals surface area contributed by atoms with E-state index in [4.69, 9.17) is 5.73 Å². The van der Waals surface area contributed by atoms with E-state index >= 15 is 0 Å². The van der Waals surface area contributed by atoms with E-state index in [1.807, 2.05) is 31.4 Å². The summed E-state index contributed by atoms with van der Waals surface area (Å²) >= 11 is 1.58. The van der Waals surface area contributed by atoms with E-state index < -0.39 is 0 Å². The minimum atomic E-state index is 0.00403. The van der Waals surface area contributed by atoms with Crippen molar-refractivity contribution in [3.63, 3.8) is 0 Å². The molecule has 0 atom stereocenters. The molecule has 0 unspecified atom stereocenters. The molecule has 0 saturated heterocycles. The number of carbonyl (C=O) groups is 1. The molecule has 1 aromatic rings. The van der Waals surface area contributed by atoms with Crippen LogP contribution in [0.1, 0.15) is 15.9 Å². The molecule has 2 N–H and O–H groups in total. The van der Waals surface area contributed by atoms with Gasteiger partial charge in [0.2, 0.25) is 0 Å². The van der Waals surface area contributed by atoms with Crippen molar-refractivity contribution in [3.05, 3.63) is 29.3 Å². The molecular weight excluding hydrogens is 182 g/mol. The molecule has 0 heterocycles. The highest BCUT2D eigenvalue weighted by Gasteiger charge is 2.08. The fraction of sp³-hybridized carbons (Fsp3) is 0.300. The quantitative estimate of drug-likeness (QED) is 0.591. The number of hydrogen-bond acceptors (Lipinski definition) is 3. The molecule has 0 bridgehead atoms. The molecule has 0 aliphatic carbocycles. The smallest absolute Gasteiger partial charge is 0.177 e. The standard InChI is InChI=1S/C10H13NOS/c1-7-3-4-8(9(12)6-11)10(5-7)13-2/h3-5H,6,11H2,1-2H3. The predicted octanol–water partition coefficient (Wildman–Crippen LogP) is 1.86. The second-order valence-corrected chi connectivity index (χ2v) is 3.68. The van der Waals surface area contributed by atoms with Gasteiger partial charge in [-0.2, -0.15) is 0 Å². The highest BCUT2D eigenvalue weighted by Crippen LogP contribution is 2.21. The maximum Gasteiger partial charge on any atom is 0.177 e. The summed E-state index contributed by atoms with van der Waals surface area (Å²) in [6.45, 7) is 2.09. The van der Waals surface area contributed by atoms with E-state index in [1.165, 1.54) is 0 Å². The van der Waals surface area contributed by atoms with E-state index in [1.54, 1.807) is 11.8 Å². The number of rotatable bonds is 3. The molecule has 2 nitrogen and oxygen atoms in total. The molecule has 0 amide bonds. The molecule has 0 aliphatic heterocycles. The van der Waals surface area contributed by atoms with Crippen molar-refractivity contribution in [3.8, 4) is 0 Å². The first kappa shape index (κ1) is 10.3. The zero-order valence-corrected chi connectivity index (χ0v) is 8.65. The Morgan fingerprint density at radius 2 is 2.23 bits per heavy atom. The van der Waals surface area contributed by atoms with Crippen LogP contribution in [0.4, 0.5) is 0 Å². The normalized spacial score (nSPS) is 10.1. The van der Waals surface area contributed by atoms with Crippen LogP contribution >= 0.6 is 11.8 Å². The van der Waals surface area contributed by atoms with Crippen LogP contribution in [0.2, 0.25) is 0 Å². The minimum absolute atomic E-state index is 0.00403. The Balaban J connectivity index is 3.13. The fourth-order valence-electron chi connectivity index (χ4n) is 1.14. The van der Waals surface area contributed by atoms with Crippen LogP contribution in [0, 0.1) is 6.92 Å². The highest BCUT2D eigenvalue weighted by molar-refractivity contribution is 7.98. The maximum atomic E-state index is 11.4. The van der Waals surface area contributed by atoms with Crippen LogP contribution in [0.5, 0.6) is 0 Å². The van der Waals surface area contributed by atoms with Crippen molar-refractivity contribution in [2.75, 3.05) is 12.8 Å². The number of aryl methyl sites for hydroxylation is 1. The first-order chi connectivity index (χ1) is 6.19. The van der Waals surface area contributed by atoms with Gasteiger partial charge in [0.15, 0.2) is 5.78 Å². The van der Waals surface area contributed by atoms with Crippen molar-refractivity contribution in [1.82, 2.24) is 0 Å². The molecule has 0 radical (unpaired) electrons. The van der Waals surface area contributed by atoms with Gasteiger partial charge in [-0.05, 0) is 30.9 Å². The Morgan fingerprint density at radius 1 is 1.54 bits per heavy atom. The Morgan fingerprint density at radius 3 is 2.77 bits per heavy atom. The summed E-state index contributed by atoms with van der Waals surface area (Å²) in [7, 11) is 0. The van der Waals surface area contributed by atoms with Gasteiger partial charge in [-0.3, -0.25) is 4.79 Å². The number of nitrogens with two attached hydrogens (primary N) is 1. The molecule has 0 aromatic heterocycles. The average molecular weight is 195 g/mol. The second-order valence-electron chi connectivity index (χ2n) is 2.83. The molecule has 0 aliphatic rings. The van der Waals surface area contributed by atoms with E-state index in [0.29, 0.717) is 0 Å². The van der Waals surface area contributed by atoms with Gasteiger partial charge in [-0.1, -0.05) is 6.07 Å². The molecule has 1 rings (SSSR count). The SMILES string of the molecule is CSc1cc(C)ccc1C(=O)CN. The van der Waals surface area contributed by atoms with Crippen LogP contribution in [-0.4, -0.2) is 18.6 Å². The second kappa shape index (κ2) is 4.44. The van der Waals surface area contributed by atoms with Gasteiger partial charge in [0, 0.05) is 10.5 Å². The monoisotopic (exact) mass is 195 g/mol. The van der Waals surface area contributed by atoms with Gasteiger partial charge in [0.25, 0.3) is 0 Å². The summed E-state index contributed by atoms with van der Waals surface area (Å²) in [6, 6.07) is 5.78. The van der Waals surface area contributed by atoms with Crippen molar-refractivity contribution < 1.29 is 4.79 Å². The number of Topliss-reactive ketones (excluding diaryl/α,β-unsaturated/α-hetero) is 1. The highest BCUT2D eigenvalue weighted by atomic mass is 32.2. The predicted molar refractivity (Wildman–Crippen MR) is 56.3 cm³/mol. The first-order valence-corrected chi connectivity index (χ1v) is 5.29. The van der Waals surface area contributed by atoms with Crippen molar-refractivity contribution in [1.29, 1.82) is 0 Å². The largest absolute Gasteiger partial charge is 0.324 e. The summed E-state index contributed by atoms with van der Waals surface area (Å²) < 4.78 is 0. The summed E-state index contributed by atoms with van der Waals surface area (Å²) in [6.07, 6.45) is 1.96. The van der Waals surface area contributed by atoms with Crippen LogP contribution < -0.4 is 5.73 Å². The molecule has 0 fully saturated rings. The van der Waals surface area contributed by atoms with Crippen molar-refractivity contribution >= 4 is 17.5 Å². The maximum absolute atomic E-state index is 11.4. The number of carbonyl (C=O) groups excluding carboxylic acids is 1. The summed E-state index contributed by atoms with van der Waals surface area (Å²) in [5.74, 6) is 0.00403. The third-order valence-electron chi connectivity index (χ3n) is 1.84. The molecule has 70 valence electrons. The van der Waals surface area contributed by atoms with E-state index in [-0.39, 0.29) is 12.3 Å². The van der Waals surface area contributed by atoms with Crippen molar-refractivity contribution in [2.45, 2.75) is 11.8 Å². The molecular formula is C10H13NOS. The van der Waals surface area contributed by atoms with E-state index in [0.717, 1.165) is 16.0 Å². The number of hydrogen-bond donors (Lipinski definition) is 1. The molecule has 0 saturated carbocycles. The van der Waals surface area contributed by atoms with Gasteiger partial charge in [0.05, 0.1) is 6.54 Å². The molecule has 1 aromatic carbocycles. The minimum Gasteiger partial charge on any atom is -0.324 e. The lowest BCUT2D eigenvalue weighted by Crippen LogP contribution is -2.14. The fourth-order valence-corrected chi connectivity index (χ4v) is 1.84. The number of thioether (sulfide) groups is 1. The molecule has 13 heavy (non-hydrogen) atoms. The van der Waals surface area contributed by atoms with Crippen LogP contribution in [0.3, 0.4) is 0 Å². The average Bonchev–Trinajstić information content (AvgIpc) is 2.16. The lowest BCUT2D eigenvalue weighted by Gasteiger charge is -2.05. The summed E-state index contributed by atoms with van der Waals surface area (Å²) in [5.41, 5.74) is 7.21. The topological polar surface area (TPSA) is 43.1 Å². The van der Waals surface area contributed by atoms with Gasteiger partial charge < -0.3 is 5.73 Å². The van der Waals surface area contributed by atoms with Gasteiger partial charge in [-0.25, -0.2) is 0 Å². The third-order valence-corrected chi connectivity index (χ3v) is 2.62. The summed E-state index contributed by atoms with van der Waals surface area (Å²) in [4.78, 5) is 12.4. The Labute approximate surface area is 82.5 Å². The Hall–Kier alpha value is -0.800. The van der Waals surface area contributed by atoms with E-state index in [9.17, 15) is 4.79 Å². The van der Waals surface area contributed by atoms with Gasteiger partial charge in [-0.15, -0.1) is 11.8 Å². The van der Waals surface area contributed by atoms with Gasteiger partial charge >= 0.3 is 0 Å². The zero-order valence-electron chi connectivity index (χ0n) is 7.83. The zero-order chi connectivity index (χ0) is 9.84. The first-order valence-electron chi connectivity index (χ1n) is 4.07. The van der Waals surface area contributed by atoms with Crippen LogP contribution in [-0.2, 0) is 0 Å².